The van der Waals surface area contributed by atoms with Gasteiger partial charge < -0.3 is 19.3 Å². The Balaban J connectivity index is 1.23. The number of hydrogen-bond acceptors (Lipinski definition) is 7. The maximum Gasteiger partial charge on any atom is 0.257 e. The summed E-state index contributed by atoms with van der Waals surface area (Å²) in [4.78, 5) is 20.0. The second-order valence-corrected chi connectivity index (χ2v) is 8.94. The van der Waals surface area contributed by atoms with E-state index in [0.29, 0.717) is 31.1 Å². The van der Waals surface area contributed by atoms with Crippen LogP contribution in [0, 0.1) is 6.92 Å². The van der Waals surface area contributed by atoms with Gasteiger partial charge in [-0.15, -0.1) is 0 Å². The molecule has 1 aromatic carbocycles. The van der Waals surface area contributed by atoms with Crippen molar-refractivity contribution in [1.29, 1.82) is 0 Å². The number of methoxy groups -OCH3 is 1. The number of rotatable bonds is 5. The first kappa shape index (κ1) is 21.2. The molecule has 1 fully saturated rings. The molecule has 1 saturated heterocycles. The molecule has 4 heterocycles. The molecule has 1 atom stereocenters. The fraction of sp³-hybridized carbons (Fsp3) is 0.542. The summed E-state index contributed by atoms with van der Waals surface area (Å²) < 4.78 is 12.5. The van der Waals surface area contributed by atoms with Gasteiger partial charge in [-0.1, -0.05) is 5.16 Å². The van der Waals surface area contributed by atoms with E-state index >= 15 is 0 Å². The van der Waals surface area contributed by atoms with Crippen molar-refractivity contribution in [2.45, 2.75) is 57.6 Å². The average Bonchev–Trinajstić information content (AvgIpc) is 3.23. The number of aromatic nitrogens is 3. The highest BCUT2D eigenvalue weighted by Crippen LogP contribution is 2.34. The molecule has 0 spiro atoms. The number of hydrogen-bond donors (Lipinski definition) is 1. The Morgan fingerprint density at radius 2 is 2.03 bits per heavy atom. The maximum atomic E-state index is 13.0. The van der Waals surface area contributed by atoms with E-state index in [2.05, 4.69) is 15.0 Å². The molecule has 8 nitrogen and oxygen atoms in total. The van der Waals surface area contributed by atoms with E-state index in [1.807, 2.05) is 25.1 Å². The molecule has 0 saturated carbocycles. The number of ether oxygens (including phenoxy) is 1. The summed E-state index contributed by atoms with van der Waals surface area (Å²) >= 11 is 0. The third-order valence-corrected chi connectivity index (χ3v) is 7.02. The minimum absolute atomic E-state index is 0.0191. The molecule has 1 N–H and O–H groups in total. The van der Waals surface area contributed by atoms with Gasteiger partial charge >= 0.3 is 0 Å². The van der Waals surface area contributed by atoms with Crippen LogP contribution >= 0.6 is 0 Å². The van der Waals surface area contributed by atoms with Gasteiger partial charge in [0.25, 0.3) is 5.56 Å². The number of nitrogens with zero attached hydrogens (tertiary/aromatic N) is 4. The molecule has 170 valence electrons. The number of benzene rings is 1. The smallest absolute Gasteiger partial charge is 0.257 e. The second kappa shape index (κ2) is 8.67. The van der Waals surface area contributed by atoms with Crippen molar-refractivity contribution in [3.05, 3.63) is 51.3 Å². The Labute approximate surface area is 186 Å². The second-order valence-electron chi connectivity index (χ2n) is 8.94. The number of aliphatic hydroxyl groups excluding tert-OH is 1. The first-order valence-electron chi connectivity index (χ1n) is 11.5. The third-order valence-electron chi connectivity index (χ3n) is 7.02. The molecule has 3 aromatic rings. The van der Waals surface area contributed by atoms with Gasteiger partial charge in [0.15, 0.2) is 5.58 Å². The minimum atomic E-state index is -0.628. The SMILES string of the molecule is COc1ccc2c(C3CCN(CCc4c(C)nc5n(c4=O)CCCC5O)CC3)noc2c1. The van der Waals surface area contributed by atoms with Crippen molar-refractivity contribution in [1.82, 2.24) is 19.6 Å². The number of likely N-dealkylation sites (tertiary alicyclic amines) is 1. The van der Waals surface area contributed by atoms with Gasteiger partial charge in [-0.2, -0.15) is 0 Å². The standard InChI is InChI=1S/C24H30N4O4/c1-15-18(24(30)28-10-3-4-20(29)23(28)25-15)9-13-27-11-7-16(8-12-27)22-19-6-5-17(31-2)14-21(19)32-26-22/h5-6,14,16,20,29H,3-4,7-13H2,1-2H3. The lowest BCUT2D eigenvalue weighted by atomic mass is 9.91. The number of fused-ring (bicyclic) bond motifs is 2. The Morgan fingerprint density at radius 1 is 1.22 bits per heavy atom. The first-order valence-corrected chi connectivity index (χ1v) is 11.5. The molecule has 2 aromatic heterocycles. The molecule has 0 aliphatic carbocycles. The Morgan fingerprint density at radius 3 is 2.81 bits per heavy atom. The lowest BCUT2D eigenvalue weighted by Gasteiger charge is -2.31. The third kappa shape index (κ3) is 3.82. The maximum absolute atomic E-state index is 13.0. The van der Waals surface area contributed by atoms with Crippen molar-refractivity contribution >= 4 is 11.0 Å². The van der Waals surface area contributed by atoms with Gasteiger partial charge in [0, 0.05) is 41.7 Å². The van der Waals surface area contributed by atoms with Crippen LogP contribution in [0.4, 0.5) is 0 Å². The molecular weight excluding hydrogens is 408 g/mol. The number of piperidine rings is 1. The summed E-state index contributed by atoms with van der Waals surface area (Å²) in [5, 5.41) is 15.6. The highest BCUT2D eigenvalue weighted by molar-refractivity contribution is 5.81. The molecule has 2 aliphatic heterocycles. The fourth-order valence-corrected chi connectivity index (χ4v) is 5.11. The molecule has 0 radical (unpaired) electrons. The van der Waals surface area contributed by atoms with Crippen LogP contribution in [-0.4, -0.2) is 51.5 Å². The molecule has 1 unspecified atom stereocenters. The summed E-state index contributed by atoms with van der Waals surface area (Å²) in [6.45, 7) is 5.30. The molecular formula is C24H30N4O4. The molecule has 5 rings (SSSR count). The molecule has 32 heavy (non-hydrogen) atoms. The topological polar surface area (TPSA) is 93.6 Å². The predicted octanol–water partition coefficient (Wildman–Crippen LogP) is 2.95. The lowest BCUT2D eigenvalue weighted by Crippen LogP contribution is -2.37. The summed E-state index contributed by atoms with van der Waals surface area (Å²) in [7, 11) is 1.65. The van der Waals surface area contributed by atoms with E-state index in [9.17, 15) is 9.90 Å². The minimum Gasteiger partial charge on any atom is -0.497 e. The summed E-state index contributed by atoms with van der Waals surface area (Å²) in [5.41, 5.74) is 3.35. The average molecular weight is 439 g/mol. The monoisotopic (exact) mass is 438 g/mol. The van der Waals surface area contributed by atoms with Gasteiger partial charge in [-0.25, -0.2) is 4.98 Å². The largest absolute Gasteiger partial charge is 0.497 e. The van der Waals surface area contributed by atoms with Crippen LogP contribution in [0.3, 0.4) is 0 Å². The normalized spacial score (nSPS) is 19.9. The van der Waals surface area contributed by atoms with Crippen LogP contribution in [0.15, 0.2) is 27.5 Å². The zero-order valence-electron chi connectivity index (χ0n) is 18.7. The Hall–Kier alpha value is -2.71. The predicted molar refractivity (Wildman–Crippen MR) is 120 cm³/mol. The van der Waals surface area contributed by atoms with Crippen LogP contribution in [-0.2, 0) is 13.0 Å². The van der Waals surface area contributed by atoms with E-state index in [4.69, 9.17) is 9.26 Å². The van der Waals surface area contributed by atoms with Crippen LogP contribution < -0.4 is 10.3 Å². The molecule has 0 bridgehead atoms. The van der Waals surface area contributed by atoms with Gasteiger partial charge in [0.1, 0.15) is 17.7 Å². The van der Waals surface area contributed by atoms with Crippen molar-refractivity contribution in [2.75, 3.05) is 26.7 Å². The quantitative estimate of drug-likeness (QED) is 0.655. The Kier molecular flexibility index (Phi) is 5.73. The summed E-state index contributed by atoms with van der Waals surface area (Å²) in [5.74, 6) is 1.67. The summed E-state index contributed by atoms with van der Waals surface area (Å²) in [6.07, 6.45) is 3.58. The van der Waals surface area contributed by atoms with Crippen LogP contribution in [0.2, 0.25) is 0 Å². The number of aryl methyl sites for hydroxylation is 1. The molecule has 0 amide bonds. The number of aliphatic hydroxyl groups is 1. The van der Waals surface area contributed by atoms with E-state index in [0.717, 1.165) is 72.6 Å². The van der Waals surface area contributed by atoms with Gasteiger partial charge in [-0.3, -0.25) is 9.36 Å². The Bertz CT molecular complexity index is 1180. The highest BCUT2D eigenvalue weighted by atomic mass is 16.5. The van der Waals surface area contributed by atoms with Crippen molar-refractivity contribution in [2.24, 2.45) is 0 Å². The van der Waals surface area contributed by atoms with E-state index in [-0.39, 0.29) is 5.56 Å². The lowest BCUT2D eigenvalue weighted by molar-refractivity contribution is 0.129. The molecule has 8 heteroatoms. The van der Waals surface area contributed by atoms with Gasteiger partial charge in [0.2, 0.25) is 0 Å². The van der Waals surface area contributed by atoms with Crippen molar-refractivity contribution < 1.29 is 14.4 Å². The van der Waals surface area contributed by atoms with Gasteiger partial charge in [-0.05, 0) is 64.3 Å². The van der Waals surface area contributed by atoms with Crippen LogP contribution in [0.5, 0.6) is 5.75 Å². The van der Waals surface area contributed by atoms with E-state index < -0.39 is 6.10 Å². The highest BCUT2D eigenvalue weighted by Gasteiger charge is 2.27. The summed E-state index contributed by atoms with van der Waals surface area (Å²) in [6, 6.07) is 5.86. The zero-order chi connectivity index (χ0) is 22.2. The van der Waals surface area contributed by atoms with Crippen molar-refractivity contribution in [3.63, 3.8) is 0 Å². The van der Waals surface area contributed by atoms with E-state index in [1.54, 1.807) is 11.7 Å². The van der Waals surface area contributed by atoms with Crippen molar-refractivity contribution in [3.8, 4) is 5.75 Å². The first-order chi connectivity index (χ1) is 15.5. The fourth-order valence-electron chi connectivity index (χ4n) is 5.11. The molecule has 2 aliphatic rings. The van der Waals surface area contributed by atoms with E-state index in [1.165, 1.54) is 0 Å². The zero-order valence-corrected chi connectivity index (χ0v) is 18.7. The van der Waals surface area contributed by atoms with Crippen LogP contribution in [0.1, 0.15) is 60.5 Å². The van der Waals surface area contributed by atoms with Crippen LogP contribution in [0.25, 0.3) is 11.0 Å². The van der Waals surface area contributed by atoms with Gasteiger partial charge in [0.05, 0.1) is 12.8 Å².